The molecule has 0 bridgehead atoms. The standard InChI is InChI=1S/C30H31F3N6O5S2/c1-16-12-19-18(13-35-39(19)20-6-4-5-10-44-20)21(23(16)30(31,32)33)24-25-17(7-8-34-24)22-26(38-9-11-43-15-29(2,40)14-38)36-28(46(3,41)42)37-27(22)45-25/h7-8,12-13,20,40H,4-6,9-11,14-15H2,1-3H3/t20?,29-/m0/s1. The number of β-amino-alcohol motifs (C(OH)–C–C–N with tert-alkyl or cyclic N) is 1. The number of halogens is 3. The SMILES string of the molecule is Cc1cc2c(cnn2C2CCCCO2)c(-c2nccc3c2sc2nc(S(C)(=O)=O)nc(N4CCOC[C@@](C)(O)C4)c23)c1C(F)(F)F. The maximum absolute atomic E-state index is 14.9. The van der Waals surface area contributed by atoms with Gasteiger partial charge < -0.3 is 19.5 Å². The highest BCUT2D eigenvalue weighted by atomic mass is 32.2. The van der Waals surface area contributed by atoms with Gasteiger partial charge in [0.2, 0.25) is 15.0 Å². The Bertz CT molecular complexity index is 2110. The highest BCUT2D eigenvalue weighted by Gasteiger charge is 2.39. The maximum Gasteiger partial charge on any atom is 0.417 e. The molecule has 16 heteroatoms. The van der Waals surface area contributed by atoms with Gasteiger partial charge in [-0.25, -0.2) is 23.1 Å². The minimum atomic E-state index is -4.72. The first kappa shape index (κ1) is 31.2. The normalized spacial score (nSPS) is 21.8. The van der Waals surface area contributed by atoms with E-state index < -0.39 is 38.6 Å². The van der Waals surface area contributed by atoms with Crippen molar-refractivity contribution in [2.45, 2.75) is 56.3 Å². The number of nitrogens with zero attached hydrogens (tertiary/aromatic N) is 6. The Kier molecular flexibility index (Phi) is 7.51. The lowest BCUT2D eigenvalue weighted by atomic mass is 9.94. The molecule has 2 atom stereocenters. The molecule has 7 rings (SSSR count). The average molecular weight is 677 g/mol. The van der Waals surface area contributed by atoms with Crippen LogP contribution in [0.15, 0.2) is 29.7 Å². The Morgan fingerprint density at radius 3 is 2.70 bits per heavy atom. The maximum atomic E-state index is 14.9. The van der Waals surface area contributed by atoms with Gasteiger partial charge in [0.15, 0.2) is 6.23 Å². The minimum absolute atomic E-state index is 0.0131. The number of hydrogen-bond donors (Lipinski definition) is 1. The first-order valence-electron chi connectivity index (χ1n) is 14.8. The number of hydrogen-bond acceptors (Lipinski definition) is 11. The van der Waals surface area contributed by atoms with E-state index in [1.54, 1.807) is 22.6 Å². The second-order valence-electron chi connectivity index (χ2n) is 12.2. The first-order valence-corrected chi connectivity index (χ1v) is 17.5. The van der Waals surface area contributed by atoms with Crippen molar-refractivity contribution in [3.8, 4) is 11.3 Å². The van der Waals surface area contributed by atoms with Gasteiger partial charge >= 0.3 is 6.18 Å². The number of thiophene rings is 1. The van der Waals surface area contributed by atoms with E-state index in [0.717, 1.165) is 30.4 Å². The summed E-state index contributed by atoms with van der Waals surface area (Å²) in [6.45, 7) is 4.25. The van der Waals surface area contributed by atoms with Gasteiger partial charge in [0.1, 0.15) is 16.2 Å². The van der Waals surface area contributed by atoms with Crippen LogP contribution in [0.3, 0.4) is 0 Å². The molecule has 2 fully saturated rings. The summed E-state index contributed by atoms with van der Waals surface area (Å²) in [5, 5.41) is 16.2. The molecule has 1 N–H and O–H groups in total. The Balaban J connectivity index is 1.54. The highest BCUT2D eigenvalue weighted by Crippen LogP contribution is 2.48. The molecule has 1 aromatic carbocycles. The quantitative estimate of drug-likeness (QED) is 0.251. The topological polar surface area (TPSA) is 133 Å². The molecule has 0 radical (unpaired) electrons. The molecule has 1 unspecified atom stereocenters. The average Bonchev–Trinajstić information content (AvgIpc) is 3.53. The van der Waals surface area contributed by atoms with E-state index in [9.17, 15) is 26.7 Å². The van der Waals surface area contributed by atoms with E-state index >= 15 is 0 Å². The summed E-state index contributed by atoms with van der Waals surface area (Å²) in [6.07, 6.45) is 1.25. The predicted molar refractivity (Wildman–Crippen MR) is 167 cm³/mol. The van der Waals surface area contributed by atoms with Crippen LogP contribution in [0.2, 0.25) is 0 Å². The summed E-state index contributed by atoms with van der Waals surface area (Å²) in [5.74, 6) is 0.243. The van der Waals surface area contributed by atoms with Gasteiger partial charge in [-0.3, -0.25) is 4.98 Å². The number of pyridine rings is 1. The Labute approximate surface area is 265 Å². The minimum Gasteiger partial charge on any atom is -0.386 e. The number of aromatic nitrogens is 5. The van der Waals surface area contributed by atoms with Crippen LogP contribution in [0.4, 0.5) is 19.0 Å². The molecule has 2 saturated heterocycles. The second kappa shape index (κ2) is 11.1. The Morgan fingerprint density at radius 2 is 1.98 bits per heavy atom. The fourth-order valence-corrected chi connectivity index (χ4v) is 8.12. The number of aliphatic hydroxyl groups is 1. The molecule has 11 nitrogen and oxygen atoms in total. The van der Waals surface area contributed by atoms with Gasteiger partial charge in [0.25, 0.3) is 0 Å². The van der Waals surface area contributed by atoms with Crippen LogP contribution in [-0.4, -0.2) is 83.0 Å². The van der Waals surface area contributed by atoms with E-state index in [1.807, 2.05) is 0 Å². The van der Waals surface area contributed by atoms with Crippen LogP contribution in [0.1, 0.15) is 43.5 Å². The molecular weight excluding hydrogens is 645 g/mol. The number of sulfone groups is 1. The van der Waals surface area contributed by atoms with E-state index in [2.05, 4.69) is 20.1 Å². The number of rotatable bonds is 4. The Morgan fingerprint density at radius 1 is 1.17 bits per heavy atom. The van der Waals surface area contributed by atoms with Gasteiger partial charge in [-0.05, 0) is 50.8 Å². The van der Waals surface area contributed by atoms with E-state index in [-0.39, 0.29) is 52.6 Å². The van der Waals surface area contributed by atoms with Crippen molar-refractivity contribution >= 4 is 58.2 Å². The van der Waals surface area contributed by atoms with E-state index in [4.69, 9.17) is 9.47 Å². The van der Waals surface area contributed by atoms with Crippen molar-refractivity contribution in [3.05, 3.63) is 35.7 Å². The first-order chi connectivity index (χ1) is 21.7. The molecule has 4 aromatic heterocycles. The van der Waals surface area contributed by atoms with Crippen molar-refractivity contribution in [2.75, 3.05) is 44.1 Å². The predicted octanol–water partition coefficient (Wildman–Crippen LogP) is 5.27. The zero-order valence-electron chi connectivity index (χ0n) is 25.3. The van der Waals surface area contributed by atoms with Gasteiger partial charge in [-0.15, -0.1) is 11.3 Å². The zero-order chi connectivity index (χ0) is 32.6. The molecule has 0 aliphatic carbocycles. The summed E-state index contributed by atoms with van der Waals surface area (Å²) in [7, 11) is -3.88. The monoisotopic (exact) mass is 676 g/mol. The summed E-state index contributed by atoms with van der Waals surface area (Å²) in [6, 6.07) is 3.16. The third kappa shape index (κ3) is 5.39. The number of aryl methyl sites for hydroxylation is 1. The lowest BCUT2D eigenvalue weighted by molar-refractivity contribution is -0.137. The fraction of sp³-hybridized carbons (Fsp3) is 0.467. The summed E-state index contributed by atoms with van der Waals surface area (Å²) in [5.41, 5.74) is -1.63. The third-order valence-corrected chi connectivity index (χ3v) is 10.3. The molecule has 46 heavy (non-hydrogen) atoms. The van der Waals surface area contributed by atoms with E-state index in [0.29, 0.717) is 40.6 Å². The number of ether oxygens (including phenoxy) is 2. The van der Waals surface area contributed by atoms with Crippen molar-refractivity contribution < 1.29 is 36.2 Å². The summed E-state index contributed by atoms with van der Waals surface area (Å²) >= 11 is 1.05. The molecule has 2 aliphatic heterocycles. The van der Waals surface area contributed by atoms with Crippen LogP contribution in [0.5, 0.6) is 0 Å². The Hall–Kier alpha value is -3.44. The fourth-order valence-electron chi connectivity index (χ4n) is 6.40. The van der Waals surface area contributed by atoms with Crippen molar-refractivity contribution in [1.82, 2.24) is 24.7 Å². The number of fused-ring (bicyclic) bond motifs is 4. The summed E-state index contributed by atoms with van der Waals surface area (Å²) < 4.78 is 83.6. The van der Waals surface area contributed by atoms with Crippen molar-refractivity contribution in [1.29, 1.82) is 0 Å². The molecule has 2 aliphatic rings. The largest absolute Gasteiger partial charge is 0.417 e. The van der Waals surface area contributed by atoms with Gasteiger partial charge in [-0.1, -0.05) is 0 Å². The van der Waals surface area contributed by atoms with Crippen molar-refractivity contribution in [3.63, 3.8) is 0 Å². The highest BCUT2D eigenvalue weighted by molar-refractivity contribution is 7.90. The molecular formula is C30H31F3N6O5S2. The third-order valence-electron chi connectivity index (χ3n) is 8.34. The van der Waals surface area contributed by atoms with Crippen molar-refractivity contribution in [2.24, 2.45) is 0 Å². The number of anilines is 1. The number of alkyl halides is 3. The lowest BCUT2D eigenvalue weighted by Crippen LogP contribution is -2.42. The number of benzene rings is 1. The van der Waals surface area contributed by atoms with Crippen LogP contribution in [-0.2, 0) is 25.5 Å². The molecule has 244 valence electrons. The smallest absolute Gasteiger partial charge is 0.386 e. The summed E-state index contributed by atoms with van der Waals surface area (Å²) in [4.78, 5) is 15.3. The van der Waals surface area contributed by atoms with Crippen LogP contribution >= 0.6 is 11.3 Å². The van der Waals surface area contributed by atoms with Crippen LogP contribution in [0, 0.1) is 6.92 Å². The van der Waals surface area contributed by atoms with Gasteiger partial charge in [-0.2, -0.15) is 18.3 Å². The van der Waals surface area contributed by atoms with Gasteiger partial charge in [0.05, 0.1) is 52.8 Å². The molecule has 0 amide bonds. The molecule has 5 aromatic rings. The molecule has 0 spiro atoms. The lowest BCUT2D eigenvalue weighted by Gasteiger charge is -2.28. The van der Waals surface area contributed by atoms with Crippen LogP contribution in [0.25, 0.3) is 42.5 Å². The van der Waals surface area contributed by atoms with E-state index in [1.165, 1.54) is 25.4 Å². The van der Waals surface area contributed by atoms with Crippen LogP contribution < -0.4 is 4.90 Å². The zero-order valence-corrected chi connectivity index (χ0v) is 26.9. The molecule has 6 heterocycles. The second-order valence-corrected chi connectivity index (χ2v) is 15.1. The van der Waals surface area contributed by atoms with Gasteiger partial charge in [0, 0.05) is 41.9 Å². The molecule has 0 saturated carbocycles.